The van der Waals surface area contributed by atoms with E-state index in [1.165, 1.54) is 25.2 Å². The molecule has 2 aromatic carbocycles. The summed E-state index contributed by atoms with van der Waals surface area (Å²) in [6.45, 7) is 0.108. The molecule has 0 aliphatic rings. The highest BCUT2D eigenvalue weighted by molar-refractivity contribution is 5.79. The second-order valence-corrected chi connectivity index (χ2v) is 4.93. The highest BCUT2D eigenvalue weighted by Crippen LogP contribution is 2.10. The van der Waals surface area contributed by atoms with Crippen molar-refractivity contribution in [1.82, 2.24) is 10.6 Å². The first kappa shape index (κ1) is 17.3. The predicted molar refractivity (Wildman–Crippen MR) is 84.5 cm³/mol. The lowest BCUT2D eigenvalue weighted by Crippen LogP contribution is -2.36. The average molecular weight is 332 g/mol. The molecule has 0 saturated heterocycles. The number of nitrogens with one attached hydrogen (secondary N) is 2. The van der Waals surface area contributed by atoms with Gasteiger partial charge in [0.25, 0.3) is 0 Å². The number of hydrogen-bond acceptors (Lipinski definition) is 2. The third kappa shape index (κ3) is 4.49. The fraction of sp³-hybridized carbons (Fsp3) is 0.176. The molecule has 0 atom stereocenters. The highest BCUT2D eigenvalue weighted by atomic mass is 19.1. The van der Waals surface area contributed by atoms with E-state index in [1.54, 1.807) is 0 Å². The zero-order valence-electron chi connectivity index (χ0n) is 12.9. The van der Waals surface area contributed by atoms with Crippen molar-refractivity contribution in [1.29, 1.82) is 5.26 Å². The summed E-state index contributed by atoms with van der Waals surface area (Å²) in [7, 11) is 1.50. The second-order valence-electron chi connectivity index (χ2n) is 4.93. The van der Waals surface area contributed by atoms with E-state index in [0.717, 1.165) is 18.2 Å². The Hall–Kier alpha value is -3.01. The number of aliphatic imine (C=N–C) groups is 1. The van der Waals surface area contributed by atoms with Gasteiger partial charge in [0.15, 0.2) is 5.96 Å². The Morgan fingerprint density at radius 1 is 1.00 bits per heavy atom. The zero-order valence-corrected chi connectivity index (χ0v) is 12.9. The predicted octanol–water partition coefficient (Wildman–Crippen LogP) is 2.84. The van der Waals surface area contributed by atoms with Crippen LogP contribution in [0.15, 0.2) is 41.4 Å². The van der Waals surface area contributed by atoms with Gasteiger partial charge in [-0.05, 0) is 36.4 Å². The van der Waals surface area contributed by atoms with Gasteiger partial charge in [-0.3, -0.25) is 4.99 Å². The van der Waals surface area contributed by atoms with Crippen LogP contribution in [0.3, 0.4) is 0 Å². The fourth-order valence-electron chi connectivity index (χ4n) is 2.04. The lowest BCUT2D eigenvalue weighted by atomic mass is 10.1. The molecule has 0 unspecified atom stereocenters. The van der Waals surface area contributed by atoms with Crippen LogP contribution in [-0.4, -0.2) is 13.0 Å². The first-order valence-corrected chi connectivity index (χ1v) is 7.10. The van der Waals surface area contributed by atoms with Crippen LogP contribution in [0.1, 0.15) is 16.7 Å². The number of hydrogen-bond donors (Lipinski definition) is 2. The zero-order chi connectivity index (χ0) is 17.5. The lowest BCUT2D eigenvalue weighted by molar-refractivity contribution is 0.580. The van der Waals surface area contributed by atoms with Gasteiger partial charge in [0.1, 0.15) is 17.5 Å². The van der Waals surface area contributed by atoms with Crippen LogP contribution in [0, 0.1) is 28.8 Å². The Morgan fingerprint density at radius 2 is 1.58 bits per heavy atom. The Balaban J connectivity index is 1.98. The number of nitrogens with zero attached hydrogens (tertiary/aromatic N) is 2. The van der Waals surface area contributed by atoms with Crippen LogP contribution in [0.5, 0.6) is 0 Å². The number of guanidine groups is 1. The molecular weight excluding hydrogens is 317 g/mol. The summed E-state index contributed by atoms with van der Waals surface area (Å²) in [4.78, 5) is 3.93. The van der Waals surface area contributed by atoms with Gasteiger partial charge < -0.3 is 10.6 Å². The SMILES string of the molecule is CN=C(NCc1cc(F)ccc1F)NCc1cc(C#N)ccc1F. The third-order valence-electron chi connectivity index (χ3n) is 3.30. The molecule has 124 valence electrons. The van der Waals surface area contributed by atoms with Crippen LogP contribution < -0.4 is 10.6 Å². The first-order valence-electron chi connectivity index (χ1n) is 7.10. The molecule has 2 aromatic rings. The van der Waals surface area contributed by atoms with E-state index in [2.05, 4.69) is 15.6 Å². The molecule has 0 aliphatic heterocycles. The van der Waals surface area contributed by atoms with Gasteiger partial charge in [-0.25, -0.2) is 13.2 Å². The van der Waals surface area contributed by atoms with Crippen molar-refractivity contribution in [3.8, 4) is 6.07 Å². The van der Waals surface area contributed by atoms with Gasteiger partial charge in [-0.2, -0.15) is 5.26 Å². The van der Waals surface area contributed by atoms with E-state index in [0.29, 0.717) is 17.1 Å². The van der Waals surface area contributed by atoms with Crippen molar-refractivity contribution in [2.24, 2.45) is 4.99 Å². The monoisotopic (exact) mass is 332 g/mol. The quantitative estimate of drug-likeness (QED) is 0.669. The highest BCUT2D eigenvalue weighted by Gasteiger charge is 2.07. The van der Waals surface area contributed by atoms with Crippen LogP contribution in [0.25, 0.3) is 0 Å². The van der Waals surface area contributed by atoms with Crippen molar-refractivity contribution < 1.29 is 13.2 Å². The molecule has 4 nitrogen and oxygen atoms in total. The topological polar surface area (TPSA) is 60.2 Å². The smallest absolute Gasteiger partial charge is 0.191 e. The first-order chi connectivity index (χ1) is 11.5. The number of halogens is 3. The Labute approximate surface area is 137 Å². The summed E-state index contributed by atoms with van der Waals surface area (Å²) in [5.41, 5.74) is 0.794. The van der Waals surface area contributed by atoms with Crippen LogP contribution in [-0.2, 0) is 13.1 Å². The lowest BCUT2D eigenvalue weighted by Gasteiger charge is -2.13. The standard InChI is InChI=1S/C17H15F3N4/c1-22-17(24-10-13-7-14(18)3-5-16(13)20)23-9-12-6-11(8-21)2-4-15(12)19/h2-7H,9-10H2,1H3,(H2,22,23,24). The Morgan fingerprint density at radius 3 is 2.17 bits per heavy atom. The third-order valence-corrected chi connectivity index (χ3v) is 3.30. The fourth-order valence-corrected chi connectivity index (χ4v) is 2.04. The van der Waals surface area contributed by atoms with Gasteiger partial charge >= 0.3 is 0 Å². The van der Waals surface area contributed by atoms with E-state index >= 15 is 0 Å². The molecule has 2 rings (SSSR count). The average Bonchev–Trinajstić information content (AvgIpc) is 2.59. The minimum Gasteiger partial charge on any atom is -0.352 e. The van der Waals surface area contributed by atoms with E-state index < -0.39 is 17.5 Å². The van der Waals surface area contributed by atoms with E-state index in [4.69, 9.17) is 5.26 Å². The number of nitriles is 1. The molecule has 0 aromatic heterocycles. The molecule has 2 N–H and O–H groups in total. The Kier molecular flexibility index (Phi) is 5.79. The van der Waals surface area contributed by atoms with E-state index in [1.807, 2.05) is 6.07 Å². The van der Waals surface area contributed by atoms with Crippen LogP contribution in [0.2, 0.25) is 0 Å². The second kappa shape index (κ2) is 8.02. The van der Waals surface area contributed by atoms with Crippen molar-refractivity contribution in [2.75, 3.05) is 7.05 Å². The van der Waals surface area contributed by atoms with E-state index in [9.17, 15) is 13.2 Å². The number of benzene rings is 2. The van der Waals surface area contributed by atoms with Gasteiger partial charge in [0.2, 0.25) is 0 Å². The van der Waals surface area contributed by atoms with Crippen LogP contribution in [0.4, 0.5) is 13.2 Å². The van der Waals surface area contributed by atoms with E-state index in [-0.39, 0.29) is 18.7 Å². The molecule has 0 saturated carbocycles. The summed E-state index contributed by atoms with van der Waals surface area (Å²) < 4.78 is 40.4. The maximum atomic E-state index is 13.7. The molecule has 7 heteroatoms. The molecular formula is C17H15F3N4. The Bertz CT molecular complexity index is 797. The minimum absolute atomic E-state index is 0.0178. The molecule has 0 fully saturated rings. The molecule has 0 amide bonds. The maximum absolute atomic E-state index is 13.7. The van der Waals surface area contributed by atoms with Gasteiger partial charge in [-0.1, -0.05) is 0 Å². The minimum atomic E-state index is -0.536. The van der Waals surface area contributed by atoms with Crippen molar-refractivity contribution in [3.63, 3.8) is 0 Å². The molecule has 0 heterocycles. The number of rotatable bonds is 4. The van der Waals surface area contributed by atoms with Crippen molar-refractivity contribution in [2.45, 2.75) is 13.1 Å². The molecule has 0 aliphatic carbocycles. The summed E-state index contributed by atoms with van der Waals surface area (Å²) in [5.74, 6) is -1.23. The van der Waals surface area contributed by atoms with Gasteiger partial charge in [-0.15, -0.1) is 0 Å². The van der Waals surface area contributed by atoms with Gasteiger partial charge in [0, 0.05) is 31.3 Å². The summed E-state index contributed by atoms with van der Waals surface area (Å²) in [6.07, 6.45) is 0. The summed E-state index contributed by atoms with van der Waals surface area (Å²) >= 11 is 0. The molecule has 0 spiro atoms. The summed E-state index contributed by atoms with van der Waals surface area (Å²) in [6, 6.07) is 9.15. The molecule has 24 heavy (non-hydrogen) atoms. The maximum Gasteiger partial charge on any atom is 0.191 e. The normalized spacial score (nSPS) is 11.0. The summed E-state index contributed by atoms with van der Waals surface area (Å²) in [5, 5.41) is 14.5. The van der Waals surface area contributed by atoms with Crippen LogP contribution >= 0.6 is 0 Å². The van der Waals surface area contributed by atoms with Gasteiger partial charge in [0.05, 0.1) is 11.6 Å². The van der Waals surface area contributed by atoms with Crippen molar-refractivity contribution >= 4 is 5.96 Å². The molecule has 0 bridgehead atoms. The molecule has 0 radical (unpaired) electrons. The largest absolute Gasteiger partial charge is 0.352 e. The van der Waals surface area contributed by atoms with Crippen molar-refractivity contribution in [3.05, 3.63) is 70.5 Å².